The van der Waals surface area contributed by atoms with Gasteiger partial charge in [-0.1, -0.05) is 48.0 Å². The Morgan fingerprint density at radius 1 is 0.941 bits per heavy atom. The predicted molar refractivity (Wildman–Crippen MR) is 129 cm³/mol. The largest absolute Gasteiger partial charge is 0.454 e. The Kier molecular flexibility index (Phi) is 6.41. The van der Waals surface area contributed by atoms with Gasteiger partial charge in [0.2, 0.25) is 12.7 Å². The van der Waals surface area contributed by atoms with E-state index in [2.05, 4.69) is 5.32 Å². The fourth-order valence-electron chi connectivity index (χ4n) is 4.57. The van der Waals surface area contributed by atoms with Gasteiger partial charge in [0.05, 0.1) is 12.0 Å². The van der Waals surface area contributed by atoms with E-state index in [0.717, 1.165) is 11.1 Å². The van der Waals surface area contributed by atoms with E-state index in [0.29, 0.717) is 48.0 Å². The van der Waals surface area contributed by atoms with Crippen molar-refractivity contribution in [2.75, 3.05) is 13.3 Å². The fraction of sp³-hybridized carbons (Fsp3) is 0.259. The predicted octanol–water partition coefficient (Wildman–Crippen LogP) is 4.98. The van der Waals surface area contributed by atoms with E-state index in [9.17, 15) is 9.59 Å². The number of nitrogens with one attached hydrogen (secondary N) is 1. The summed E-state index contributed by atoms with van der Waals surface area (Å²) >= 11 is 6.02. The molecule has 5 rings (SSSR count). The Balaban J connectivity index is 1.30. The molecule has 0 radical (unpaired) electrons. The van der Waals surface area contributed by atoms with Crippen molar-refractivity contribution in [3.8, 4) is 11.5 Å². The molecule has 2 aliphatic heterocycles. The summed E-state index contributed by atoms with van der Waals surface area (Å²) in [6.07, 6.45) is 1.42. The summed E-state index contributed by atoms with van der Waals surface area (Å²) < 4.78 is 10.8. The van der Waals surface area contributed by atoms with Crippen LogP contribution >= 0.6 is 11.6 Å². The van der Waals surface area contributed by atoms with Gasteiger partial charge in [-0.05, 0) is 60.4 Å². The van der Waals surface area contributed by atoms with Crippen molar-refractivity contribution in [2.24, 2.45) is 5.92 Å². The maximum Gasteiger partial charge on any atom is 0.254 e. The van der Waals surface area contributed by atoms with Gasteiger partial charge in [0, 0.05) is 23.7 Å². The van der Waals surface area contributed by atoms with Crippen LogP contribution in [0.5, 0.6) is 11.5 Å². The summed E-state index contributed by atoms with van der Waals surface area (Å²) in [5, 5.41) is 3.61. The molecule has 0 bridgehead atoms. The number of rotatable bonds is 5. The summed E-state index contributed by atoms with van der Waals surface area (Å²) in [4.78, 5) is 28.4. The third-order valence-corrected chi connectivity index (χ3v) is 6.64. The first-order valence-corrected chi connectivity index (χ1v) is 11.7. The highest BCUT2D eigenvalue weighted by atomic mass is 35.5. The van der Waals surface area contributed by atoms with Crippen LogP contribution in [0, 0.1) is 5.92 Å². The molecule has 0 unspecified atom stereocenters. The molecule has 0 aromatic heterocycles. The number of carbonyl (C=O) groups is 2. The smallest absolute Gasteiger partial charge is 0.254 e. The zero-order valence-electron chi connectivity index (χ0n) is 18.6. The standard InChI is InChI=1S/C27H25ClN2O4/c28-22-10-7-20(8-11-22)27(32)30-16-21(9-12-23(30)19-4-2-1-3-5-19)26(31)29-15-18-6-13-24-25(14-18)34-17-33-24/h1-8,10-11,13-14,21,23H,9,12,15-17H2,(H,29,31)/t21-,23-/m1/s1. The summed E-state index contributed by atoms with van der Waals surface area (Å²) in [5.74, 6) is 0.961. The Morgan fingerprint density at radius 3 is 2.50 bits per heavy atom. The molecule has 0 aliphatic carbocycles. The van der Waals surface area contributed by atoms with Crippen molar-refractivity contribution < 1.29 is 19.1 Å². The number of fused-ring (bicyclic) bond motifs is 1. The topological polar surface area (TPSA) is 67.9 Å². The van der Waals surface area contributed by atoms with Gasteiger partial charge in [-0.2, -0.15) is 0 Å². The lowest BCUT2D eigenvalue weighted by Crippen LogP contribution is -2.46. The maximum absolute atomic E-state index is 13.5. The van der Waals surface area contributed by atoms with Gasteiger partial charge in [0.15, 0.2) is 11.5 Å². The number of ether oxygens (including phenoxy) is 2. The van der Waals surface area contributed by atoms with Crippen LogP contribution in [0.25, 0.3) is 0 Å². The third-order valence-electron chi connectivity index (χ3n) is 6.39. The van der Waals surface area contributed by atoms with Gasteiger partial charge in [-0.15, -0.1) is 0 Å². The Bertz CT molecular complexity index is 1180. The minimum absolute atomic E-state index is 0.0573. The second kappa shape index (κ2) is 9.77. The molecule has 2 atom stereocenters. The quantitative estimate of drug-likeness (QED) is 0.564. The van der Waals surface area contributed by atoms with Crippen LogP contribution in [-0.2, 0) is 11.3 Å². The third kappa shape index (κ3) is 4.73. The van der Waals surface area contributed by atoms with Gasteiger partial charge in [-0.3, -0.25) is 9.59 Å². The van der Waals surface area contributed by atoms with Crippen molar-refractivity contribution in [2.45, 2.75) is 25.4 Å². The van der Waals surface area contributed by atoms with Gasteiger partial charge in [0.25, 0.3) is 5.91 Å². The van der Waals surface area contributed by atoms with Crippen LogP contribution in [0.2, 0.25) is 5.02 Å². The normalized spacial score (nSPS) is 19.0. The van der Waals surface area contributed by atoms with Crippen molar-refractivity contribution in [1.29, 1.82) is 0 Å². The minimum atomic E-state index is -0.287. The van der Waals surface area contributed by atoms with Crippen molar-refractivity contribution in [1.82, 2.24) is 10.2 Å². The molecule has 2 aliphatic rings. The maximum atomic E-state index is 13.5. The van der Waals surface area contributed by atoms with Crippen LogP contribution in [0.3, 0.4) is 0 Å². The van der Waals surface area contributed by atoms with Crippen LogP contribution in [0.15, 0.2) is 72.8 Å². The lowest BCUT2D eigenvalue weighted by molar-refractivity contribution is -0.127. The summed E-state index contributed by atoms with van der Waals surface area (Å²) in [7, 11) is 0. The molecule has 1 N–H and O–H groups in total. The highest BCUT2D eigenvalue weighted by Crippen LogP contribution is 2.35. The van der Waals surface area contributed by atoms with Gasteiger partial charge >= 0.3 is 0 Å². The van der Waals surface area contributed by atoms with E-state index in [4.69, 9.17) is 21.1 Å². The zero-order valence-corrected chi connectivity index (χ0v) is 19.3. The van der Waals surface area contributed by atoms with E-state index >= 15 is 0 Å². The molecule has 3 aromatic carbocycles. The number of nitrogens with zero attached hydrogens (tertiary/aromatic N) is 1. The molecule has 3 aromatic rings. The number of hydrogen-bond donors (Lipinski definition) is 1. The zero-order chi connectivity index (χ0) is 23.5. The average Bonchev–Trinajstić information content (AvgIpc) is 3.35. The van der Waals surface area contributed by atoms with Crippen molar-refractivity contribution in [3.05, 3.63) is 94.5 Å². The minimum Gasteiger partial charge on any atom is -0.454 e. The molecule has 0 saturated carbocycles. The monoisotopic (exact) mass is 476 g/mol. The second-order valence-corrected chi connectivity index (χ2v) is 9.01. The van der Waals surface area contributed by atoms with Crippen molar-refractivity contribution >= 4 is 23.4 Å². The molecule has 2 amide bonds. The summed E-state index contributed by atoms with van der Waals surface area (Å²) in [6, 6.07) is 22.4. The lowest BCUT2D eigenvalue weighted by Gasteiger charge is -2.39. The number of benzene rings is 3. The SMILES string of the molecule is O=C(NCc1ccc2c(c1)OCO2)[C@@H]1CC[C@H](c2ccccc2)N(C(=O)c2ccc(Cl)cc2)C1. The van der Waals surface area contributed by atoms with Gasteiger partial charge in [-0.25, -0.2) is 0 Å². The molecule has 174 valence electrons. The average molecular weight is 477 g/mol. The number of halogens is 1. The number of likely N-dealkylation sites (tertiary alicyclic amines) is 1. The highest BCUT2D eigenvalue weighted by Gasteiger charge is 2.36. The van der Waals surface area contributed by atoms with E-state index in [1.54, 1.807) is 24.3 Å². The molecule has 2 heterocycles. The molecular weight excluding hydrogens is 452 g/mol. The molecule has 34 heavy (non-hydrogen) atoms. The van der Waals surface area contributed by atoms with Crippen LogP contribution in [0.4, 0.5) is 0 Å². The Hall–Kier alpha value is -3.51. The molecule has 7 heteroatoms. The molecule has 1 fully saturated rings. The second-order valence-electron chi connectivity index (χ2n) is 8.57. The van der Waals surface area contributed by atoms with Crippen LogP contribution in [-0.4, -0.2) is 30.1 Å². The fourth-order valence-corrected chi connectivity index (χ4v) is 4.70. The number of piperidine rings is 1. The van der Waals surface area contributed by atoms with Gasteiger partial charge in [0.1, 0.15) is 0 Å². The Morgan fingerprint density at radius 2 is 1.71 bits per heavy atom. The van der Waals surface area contributed by atoms with Crippen molar-refractivity contribution in [3.63, 3.8) is 0 Å². The van der Waals surface area contributed by atoms with E-state index in [-0.39, 0.29) is 30.6 Å². The number of amides is 2. The number of hydrogen-bond acceptors (Lipinski definition) is 4. The first-order chi connectivity index (χ1) is 16.6. The first-order valence-electron chi connectivity index (χ1n) is 11.4. The molecule has 1 saturated heterocycles. The first kappa shape index (κ1) is 22.3. The van der Waals surface area contributed by atoms with Crippen LogP contribution in [0.1, 0.15) is 40.4 Å². The summed E-state index contributed by atoms with van der Waals surface area (Å²) in [5.41, 5.74) is 2.57. The lowest BCUT2D eigenvalue weighted by atomic mass is 9.87. The summed E-state index contributed by atoms with van der Waals surface area (Å²) in [6.45, 7) is 0.959. The van der Waals surface area contributed by atoms with E-state index < -0.39 is 0 Å². The molecule has 6 nitrogen and oxygen atoms in total. The van der Waals surface area contributed by atoms with E-state index in [1.165, 1.54) is 0 Å². The Labute approximate surface area is 203 Å². The van der Waals surface area contributed by atoms with E-state index in [1.807, 2.05) is 53.4 Å². The van der Waals surface area contributed by atoms with Crippen LogP contribution < -0.4 is 14.8 Å². The molecular formula is C27H25ClN2O4. The number of carbonyl (C=O) groups excluding carboxylic acids is 2. The highest BCUT2D eigenvalue weighted by molar-refractivity contribution is 6.30. The molecule has 0 spiro atoms. The van der Waals surface area contributed by atoms with Gasteiger partial charge < -0.3 is 19.7 Å².